The fraction of sp³-hybridized carbons (Fsp3) is 0.370. The molecule has 2 unspecified atom stereocenters. The van der Waals surface area contributed by atoms with E-state index in [4.69, 9.17) is 14.6 Å². The number of nitrogens with one attached hydrogen (secondary N) is 2. The molecule has 3 aromatic rings. The molecule has 3 atom stereocenters. The normalized spacial score (nSPS) is 16.7. The SMILES string of the molecule is CCOC(=O)C(CCc1ccccc1)N[C@@H](C)C(=O)n1c2c(c3ccccc31)CC(OC(=O)O)NC2. The molecule has 0 aliphatic carbocycles. The molecule has 9 heteroatoms. The number of para-hydroxylation sites is 1. The highest BCUT2D eigenvalue weighted by molar-refractivity contribution is 5.98. The summed E-state index contributed by atoms with van der Waals surface area (Å²) in [6.45, 7) is 4.03. The van der Waals surface area contributed by atoms with Crippen molar-refractivity contribution in [3.05, 3.63) is 71.4 Å². The van der Waals surface area contributed by atoms with E-state index in [-0.39, 0.29) is 25.0 Å². The summed E-state index contributed by atoms with van der Waals surface area (Å²) in [5.41, 5.74) is 3.47. The molecule has 1 aliphatic heterocycles. The topological polar surface area (TPSA) is 119 Å². The van der Waals surface area contributed by atoms with Crippen molar-refractivity contribution in [2.75, 3.05) is 6.61 Å². The molecule has 3 N–H and O–H groups in total. The van der Waals surface area contributed by atoms with Crippen LogP contribution in [0.25, 0.3) is 10.9 Å². The molecule has 0 amide bonds. The van der Waals surface area contributed by atoms with Gasteiger partial charge in [-0.2, -0.15) is 0 Å². The highest BCUT2D eigenvalue weighted by Gasteiger charge is 2.32. The minimum Gasteiger partial charge on any atom is -0.465 e. The molecule has 36 heavy (non-hydrogen) atoms. The predicted molar refractivity (Wildman–Crippen MR) is 134 cm³/mol. The Bertz CT molecular complexity index is 1240. The molecule has 0 saturated heterocycles. The van der Waals surface area contributed by atoms with Crippen molar-refractivity contribution in [2.24, 2.45) is 0 Å². The highest BCUT2D eigenvalue weighted by atomic mass is 16.7. The molecular weight excluding hydrogens is 462 g/mol. The number of nitrogens with zero attached hydrogens (tertiary/aromatic N) is 1. The lowest BCUT2D eigenvalue weighted by atomic mass is 10.0. The number of carboxylic acid groups (broad SMARTS) is 1. The number of hydrogen-bond acceptors (Lipinski definition) is 7. The van der Waals surface area contributed by atoms with Crippen molar-refractivity contribution in [3.8, 4) is 0 Å². The Morgan fingerprint density at radius 3 is 2.58 bits per heavy atom. The van der Waals surface area contributed by atoms with E-state index in [1.807, 2.05) is 54.6 Å². The number of hydrogen-bond donors (Lipinski definition) is 3. The first-order chi connectivity index (χ1) is 17.4. The Kier molecular flexibility index (Phi) is 8.02. The van der Waals surface area contributed by atoms with Gasteiger partial charge in [0, 0.05) is 24.0 Å². The third-order valence-electron chi connectivity index (χ3n) is 6.40. The molecule has 9 nitrogen and oxygen atoms in total. The summed E-state index contributed by atoms with van der Waals surface area (Å²) in [4.78, 5) is 37.5. The van der Waals surface area contributed by atoms with Crippen LogP contribution < -0.4 is 10.6 Å². The van der Waals surface area contributed by atoms with Crippen LogP contribution in [0, 0.1) is 0 Å². The van der Waals surface area contributed by atoms with Crippen LogP contribution in [0.15, 0.2) is 54.6 Å². The van der Waals surface area contributed by atoms with Gasteiger partial charge in [-0.15, -0.1) is 0 Å². The summed E-state index contributed by atoms with van der Waals surface area (Å²) in [6.07, 6.45) is -0.581. The van der Waals surface area contributed by atoms with Gasteiger partial charge in [-0.1, -0.05) is 48.5 Å². The zero-order valence-corrected chi connectivity index (χ0v) is 20.4. The number of aryl methyl sites for hydroxylation is 1. The molecule has 1 aromatic heterocycles. The smallest absolute Gasteiger partial charge is 0.465 e. The van der Waals surface area contributed by atoms with Crippen molar-refractivity contribution < 1.29 is 29.0 Å². The first-order valence-electron chi connectivity index (χ1n) is 12.1. The van der Waals surface area contributed by atoms with Gasteiger partial charge in [0.2, 0.25) is 5.91 Å². The summed E-state index contributed by atoms with van der Waals surface area (Å²) in [5.74, 6) is -0.594. The number of aromatic nitrogens is 1. The lowest BCUT2D eigenvalue weighted by molar-refractivity contribution is -0.145. The van der Waals surface area contributed by atoms with Gasteiger partial charge >= 0.3 is 12.1 Å². The zero-order chi connectivity index (χ0) is 25.7. The standard InChI is InChI=1S/C27H31N3O6/c1-3-35-26(32)21(14-13-18-9-5-4-6-10-18)29-17(2)25(31)30-22-12-8-7-11-19(22)20-15-24(36-27(33)34)28-16-23(20)30/h4-12,17,21,24,28-29H,3,13-16H2,1-2H3,(H,33,34)/t17-,21?,24?/m0/s1. The Hall–Kier alpha value is -3.69. The van der Waals surface area contributed by atoms with Gasteiger partial charge in [0.25, 0.3) is 0 Å². The van der Waals surface area contributed by atoms with Crippen LogP contribution in [0.1, 0.15) is 41.9 Å². The second-order valence-corrected chi connectivity index (χ2v) is 8.79. The maximum Gasteiger partial charge on any atom is 0.507 e. The van der Waals surface area contributed by atoms with Crippen molar-refractivity contribution in [3.63, 3.8) is 0 Å². The van der Waals surface area contributed by atoms with Crippen molar-refractivity contribution in [2.45, 2.75) is 58.0 Å². The van der Waals surface area contributed by atoms with Gasteiger partial charge in [-0.3, -0.25) is 24.8 Å². The quantitative estimate of drug-likeness (QED) is 0.388. The molecule has 0 fully saturated rings. The van der Waals surface area contributed by atoms with E-state index < -0.39 is 24.5 Å². The number of fused-ring (bicyclic) bond motifs is 3. The van der Waals surface area contributed by atoms with E-state index in [1.54, 1.807) is 18.4 Å². The van der Waals surface area contributed by atoms with Gasteiger partial charge in [0.1, 0.15) is 6.04 Å². The summed E-state index contributed by atoms with van der Waals surface area (Å²) in [7, 11) is 0. The monoisotopic (exact) mass is 493 g/mol. The second-order valence-electron chi connectivity index (χ2n) is 8.79. The summed E-state index contributed by atoms with van der Waals surface area (Å²) in [5, 5.41) is 16.1. The molecule has 190 valence electrons. The fourth-order valence-electron chi connectivity index (χ4n) is 4.73. The lowest BCUT2D eigenvalue weighted by Crippen LogP contribution is -2.48. The summed E-state index contributed by atoms with van der Waals surface area (Å²) >= 11 is 0. The average molecular weight is 494 g/mol. The fourth-order valence-corrected chi connectivity index (χ4v) is 4.73. The van der Waals surface area contributed by atoms with Crippen molar-refractivity contribution in [1.29, 1.82) is 0 Å². The Labute approximate surface area is 209 Å². The molecule has 0 bridgehead atoms. The third kappa shape index (κ3) is 5.58. The van der Waals surface area contributed by atoms with Crippen LogP contribution >= 0.6 is 0 Å². The molecular formula is C27H31N3O6. The summed E-state index contributed by atoms with van der Waals surface area (Å²) in [6, 6.07) is 16.1. The van der Waals surface area contributed by atoms with Crippen LogP contribution in [0.2, 0.25) is 0 Å². The Balaban J connectivity index is 1.57. The Morgan fingerprint density at radius 2 is 1.86 bits per heavy atom. The van der Waals surface area contributed by atoms with Crippen LogP contribution in [0.4, 0.5) is 4.79 Å². The van der Waals surface area contributed by atoms with Crippen LogP contribution in [-0.4, -0.2) is 52.6 Å². The van der Waals surface area contributed by atoms with E-state index in [0.717, 1.165) is 27.7 Å². The molecule has 4 rings (SSSR count). The van der Waals surface area contributed by atoms with Gasteiger partial charge in [0.15, 0.2) is 6.23 Å². The van der Waals surface area contributed by atoms with Crippen LogP contribution in [0.5, 0.6) is 0 Å². The minimum atomic E-state index is -1.35. The first-order valence-corrected chi connectivity index (χ1v) is 12.1. The highest BCUT2D eigenvalue weighted by Crippen LogP contribution is 2.30. The van der Waals surface area contributed by atoms with Gasteiger partial charge in [0.05, 0.1) is 18.2 Å². The van der Waals surface area contributed by atoms with Gasteiger partial charge in [-0.25, -0.2) is 4.79 Å². The maximum absolute atomic E-state index is 13.7. The van der Waals surface area contributed by atoms with E-state index in [2.05, 4.69) is 10.6 Å². The third-order valence-corrected chi connectivity index (χ3v) is 6.40. The zero-order valence-electron chi connectivity index (χ0n) is 20.4. The van der Waals surface area contributed by atoms with Gasteiger partial charge < -0.3 is 14.6 Å². The number of rotatable bonds is 9. The number of carbonyl (C=O) groups is 3. The molecule has 0 radical (unpaired) electrons. The molecule has 1 aliphatic rings. The van der Waals surface area contributed by atoms with E-state index in [0.29, 0.717) is 19.3 Å². The lowest BCUT2D eigenvalue weighted by Gasteiger charge is -2.26. The van der Waals surface area contributed by atoms with E-state index in [9.17, 15) is 14.4 Å². The minimum absolute atomic E-state index is 0.208. The van der Waals surface area contributed by atoms with E-state index >= 15 is 0 Å². The summed E-state index contributed by atoms with van der Waals surface area (Å²) < 4.78 is 11.9. The molecule has 0 spiro atoms. The predicted octanol–water partition coefficient (Wildman–Crippen LogP) is 3.49. The largest absolute Gasteiger partial charge is 0.507 e. The number of esters is 1. The van der Waals surface area contributed by atoms with Gasteiger partial charge in [-0.05, 0) is 43.9 Å². The van der Waals surface area contributed by atoms with Crippen molar-refractivity contribution in [1.82, 2.24) is 15.2 Å². The molecule has 2 heterocycles. The maximum atomic E-state index is 13.7. The average Bonchev–Trinajstić information content (AvgIpc) is 3.20. The van der Waals surface area contributed by atoms with Crippen LogP contribution in [0.3, 0.4) is 0 Å². The van der Waals surface area contributed by atoms with Crippen molar-refractivity contribution >= 4 is 28.9 Å². The number of carbonyl (C=O) groups excluding carboxylic acids is 2. The molecule has 0 saturated carbocycles. The van der Waals surface area contributed by atoms with E-state index in [1.165, 1.54) is 0 Å². The number of benzene rings is 2. The second kappa shape index (κ2) is 11.4. The molecule has 2 aromatic carbocycles. The number of ether oxygens (including phenoxy) is 2. The van der Waals surface area contributed by atoms with Crippen LogP contribution in [-0.2, 0) is 33.7 Å². The Morgan fingerprint density at radius 1 is 1.14 bits per heavy atom. The first kappa shape index (κ1) is 25.4.